The Labute approximate surface area is 125 Å². The number of halogens is 2. The third-order valence-corrected chi connectivity index (χ3v) is 4.69. The minimum Gasteiger partial charge on any atom is -0.327 e. The van der Waals surface area contributed by atoms with E-state index < -0.39 is 0 Å². The molecule has 0 aromatic heterocycles. The predicted octanol–water partition coefficient (Wildman–Crippen LogP) is 4.25. The molecule has 0 aliphatic rings. The zero-order valence-corrected chi connectivity index (χ0v) is 12.8. The van der Waals surface area contributed by atoms with E-state index in [1.54, 1.807) is 23.9 Å². The summed E-state index contributed by atoms with van der Waals surface area (Å²) in [4.78, 5) is 1.05. The van der Waals surface area contributed by atoms with E-state index in [-0.39, 0.29) is 11.9 Å². The molecule has 0 saturated carbocycles. The maximum Gasteiger partial charge on any atom is 0.123 e. The van der Waals surface area contributed by atoms with E-state index in [2.05, 4.69) is 22.0 Å². The van der Waals surface area contributed by atoms with Gasteiger partial charge in [0, 0.05) is 21.2 Å². The van der Waals surface area contributed by atoms with Crippen LogP contribution in [0.15, 0.2) is 57.9 Å². The summed E-state index contributed by atoms with van der Waals surface area (Å²) < 4.78 is 13.9. The van der Waals surface area contributed by atoms with Gasteiger partial charge < -0.3 is 5.73 Å². The van der Waals surface area contributed by atoms with Crippen LogP contribution in [-0.2, 0) is 6.42 Å². The summed E-state index contributed by atoms with van der Waals surface area (Å²) in [6.07, 6.45) is 0.829. The van der Waals surface area contributed by atoms with Crippen LogP contribution in [0.5, 0.6) is 0 Å². The van der Waals surface area contributed by atoms with Gasteiger partial charge in [-0.05, 0) is 42.3 Å². The van der Waals surface area contributed by atoms with Crippen molar-refractivity contribution in [2.75, 3.05) is 5.75 Å². The average Bonchev–Trinajstić information content (AvgIpc) is 2.41. The van der Waals surface area contributed by atoms with Crippen LogP contribution >= 0.6 is 27.7 Å². The minimum atomic E-state index is -0.207. The van der Waals surface area contributed by atoms with Crippen molar-refractivity contribution in [3.8, 4) is 0 Å². The quantitative estimate of drug-likeness (QED) is 0.824. The van der Waals surface area contributed by atoms with Gasteiger partial charge in [0.1, 0.15) is 5.82 Å². The Morgan fingerprint density at radius 2 is 1.79 bits per heavy atom. The van der Waals surface area contributed by atoms with Crippen LogP contribution in [-0.4, -0.2) is 11.8 Å². The maximum atomic E-state index is 12.8. The lowest BCUT2D eigenvalue weighted by Crippen LogP contribution is -2.25. The zero-order valence-electron chi connectivity index (χ0n) is 10.4. The third kappa shape index (κ3) is 4.64. The lowest BCUT2D eigenvalue weighted by atomic mass is 10.1. The van der Waals surface area contributed by atoms with E-state index in [1.165, 1.54) is 17.7 Å². The Morgan fingerprint density at radius 1 is 1.11 bits per heavy atom. The van der Waals surface area contributed by atoms with Crippen LogP contribution in [0, 0.1) is 5.82 Å². The first kappa shape index (κ1) is 14.6. The van der Waals surface area contributed by atoms with Crippen molar-refractivity contribution >= 4 is 27.7 Å². The third-order valence-electron chi connectivity index (χ3n) is 2.72. The molecule has 1 atom stereocenters. The van der Waals surface area contributed by atoms with Crippen LogP contribution in [0.2, 0.25) is 0 Å². The first-order chi connectivity index (χ1) is 9.15. The molecular weight excluding hydrogens is 325 g/mol. The summed E-state index contributed by atoms with van der Waals surface area (Å²) in [6, 6.07) is 14.7. The second kappa shape index (κ2) is 7.08. The molecule has 0 aliphatic carbocycles. The first-order valence-electron chi connectivity index (χ1n) is 6.02. The predicted molar refractivity (Wildman–Crippen MR) is 82.9 cm³/mol. The molecule has 0 radical (unpaired) electrons. The number of rotatable bonds is 5. The molecule has 0 spiro atoms. The van der Waals surface area contributed by atoms with Crippen LogP contribution in [0.1, 0.15) is 5.56 Å². The lowest BCUT2D eigenvalue weighted by Gasteiger charge is -2.12. The van der Waals surface area contributed by atoms with Crippen LogP contribution in [0.4, 0.5) is 4.39 Å². The second-order valence-electron chi connectivity index (χ2n) is 4.32. The summed E-state index contributed by atoms with van der Waals surface area (Å²) in [5, 5.41) is 0. The number of hydrogen-bond acceptors (Lipinski definition) is 2. The molecule has 2 rings (SSSR count). The van der Waals surface area contributed by atoms with Gasteiger partial charge in [0.05, 0.1) is 0 Å². The molecule has 0 bridgehead atoms. The monoisotopic (exact) mass is 339 g/mol. The molecule has 0 fully saturated rings. The number of benzene rings is 2. The fourth-order valence-corrected chi connectivity index (χ4v) is 3.04. The van der Waals surface area contributed by atoms with Crippen LogP contribution < -0.4 is 5.73 Å². The van der Waals surface area contributed by atoms with Crippen molar-refractivity contribution in [2.45, 2.75) is 17.4 Å². The van der Waals surface area contributed by atoms with Gasteiger partial charge in [-0.25, -0.2) is 4.39 Å². The van der Waals surface area contributed by atoms with Gasteiger partial charge in [0.25, 0.3) is 0 Å². The average molecular weight is 340 g/mol. The van der Waals surface area contributed by atoms with Crippen molar-refractivity contribution in [1.82, 2.24) is 0 Å². The zero-order chi connectivity index (χ0) is 13.7. The Kier molecular flexibility index (Phi) is 5.43. The van der Waals surface area contributed by atoms with Crippen molar-refractivity contribution in [2.24, 2.45) is 5.73 Å². The molecular formula is C15H15BrFNS. The molecule has 100 valence electrons. The highest BCUT2D eigenvalue weighted by Gasteiger charge is 2.07. The van der Waals surface area contributed by atoms with Crippen molar-refractivity contribution in [3.05, 3.63) is 64.4 Å². The highest BCUT2D eigenvalue weighted by Crippen LogP contribution is 2.21. The first-order valence-corrected chi connectivity index (χ1v) is 7.80. The summed E-state index contributed by atoms with van der Waals surface area (Å²) in [6.45, 7) is 0. The number of thioether (sulfide) groups is 1. The Morgan fingerprint density at radius 3 is 2.47 bits per heavy atom. The molecule has 0 heterocycles. The van der Waals surface area contributed by atoms with Gasteiger partial charge in [0.2, 0.25) is 0 Å². The molecule has 2 aromatic carbocycles. The van der Waals surface area contributed by atoms with Crippen molar-refractivity contribution in [1.29, 1.82) is 0 Å². The van der Waals surface area contributed by atoms with Gasteiger partial charge >= 0.3 is 0 Å². The van der Waals surface area contributed by atoms with Gasteiger partial charge in [-0.1, -0.05) is 34.1 Å². The fraction of sp³-hybridized carbons (Fsp3) is 0.200. The van der Waals surface area contributed by atoms with Crippen LogP contribution in [0.25, 0.3) is 0 Å². The minimum absolute atomic E-state index is 0.0775. The summed E-state index contributed by atoms with van der Waals surface area (Å²) in [5.74, 6) is 0.606. The van der Waals surface area contributed by atoms with E-state index in [4.69, 9.17) is 5.73 Å². The van der Waals surface area contributed by atoms with Gasteiger partial charge in [-0.3, -0.25) is 0 Å². The van der Waals surface area contributed by atoms with Crippen molar-refractivity contribution in [3.63, 3.8) is 0 Å². The van der Waals surface area contributed by atoms with E-state index in [1.807, 2.05) is 18.2 Å². The molecule has 0 saturated heterocycles. The lowest BCUT2D eigenvalue weighted by molar-refractivity contribution is 0.626. The number of nitrogens with two attached hydrogens (primary N) is 1. The Balaban J connectivity index is 1.86. The van der Waals surface area contributed by atoms with Gasteiger partial charge in [-0.15, -0.1) is 11.8 Å². The highest BCUT2D eigenvalue weighted by molar-refractivity contribution is 9.10. The molecule has 19 heavy (non-hydrogen) atoms. The van der Waals surface area contributed by atoms with Gasteiger partial charge in [0.15, 0.2) is 0 Å². The van der Waals surface area contributed by atoms with E-state index in [0.29, 0.717) is 0 Å². The Hall–Kier alpha value is -0.840. The molecule has 2 aromatic rings. The van der Waals surface area contributed by atoms with E-state index >= 15 is 0 Å². The van der Waals surface area contributed by atoms with E-state index in [0.717, 1.165) is 21.5 Å². The van der Waals surface area contributed by atoms with Crippen molar-refractivity contribution < 1.29 is 4.39 Å². The molecule has 4 heteroatoms. The molecule has 1 unspecified atom stereocenters. The maximum absolute atomic E-state index is 12.8. The Bertz CT molecular complexity index is 530. The normalized spacial score (nSPS) is 12.4. The fourth-order valence-electron chi connectivity index (χ4n) is 1.74. The second-order valence-corrected chi connectivity index (χ2v) is 6.27. The topological polar surface area (TPSA) is 26.0 Å². The molecule has 1 nitrogen and oxygen atoms in total. The largest absolute Gasteiger partial charge is 0.327 e. The summed E-state index contributed by atoms with van der Waals surface area (Å²) in [7, 11) is 0. The molecule has 0 amide bonds. The smallest absolute Gasteiger partial charge is 0.123 e. The summed E-state index contributed by atoms with van der Waals surface area (Å²) >= 11 is 5.18. The van der Waals surface area contributed by atoms with Gasteiger partial charge in [-0.2, -0.15) is 0 Å². The summed E-state index contributed by atoms with van der Waals surface area (Å²) in [5.41, 5.74) is 7.35. The molecule has 0 aliphatic heterocycles. The number of hydrogen-bond donors (Lipinski definition) is 1. The highest BCUT2D eigenvalue weighted by atomic mass is 79.9. The molecule has 2 N–H and O–H groups in total. The van der Waals surface area contributed by atoms with Crippen LogP contribution in [0.3, 0.4) is 0 Å². The standard InChI is InChI=1S/C15H15BrFNS/c16-15-4-2-1-3-11(15)9-13(18)10-19-14-7-5-12(17)6-8-14/h1-8,13H,9-10,18H2. The SMILES string of the molecule is NC(CSc1ccc(F)cc1)Cc1ccccc1Br. The van der Waals surface area contributed by atoms with E-state index in [9.17, 15) is 4.39 Å².